The number of methoxy groups -OCH3 is 1. The van der Waals surface area contributed by atoms with E-state index in [1.807, 2.05) is 4.72 Å². The fourth-order valence-electron chi connectivity index (χ4n) is 2.40. The van der Waals surface area contributed by atoms with Gasteiger partial charge in [0.15, 0.2) is 0 Å². The lowest BCUT2D eigenvalue weighted by Gasteiger charge is -2.18. The monoisotopic (exact) mass is 400 g/mol. The van der Waals surface area contributed by atoms with E-state index in [9.17, 15) is 32.1 Å². The standard InChI is InChI=1S/C16H14F2N2O6S/c1-9-13(20(22)23)4-3-5-14(9)27(24,25)19-15(16(21)26-2)11-8-10(17)6-7-12(11)18/h3-8,15,19H,1-2H3. The Morgan fingerprint density at radius 1 is 1.26 bits per heavy atom. The van der Waals surface area contributed by atoms with Gasteiger partial charge in [-0.15, -0.1) is 0 Å². The van der Waals surface area contributed by atoms with E-state index in [1.54, 1.807) is 0 Å². The molecule has 11 heteroatoms. The number of nitrogens with one attached hydrogen (secondary N) is 1. The largest absolute Gasteiger partial charge is 0.468 e. The Morgan fingerprint density at radius 3 is 2.52 bits per heavy atom. The van der Waals surface area contributed by atoms with E-state index < -0.39 is 54.7 Å². The molecule has 0 radical (unpaired) electrons. The molecule has 1 N–H and O–H groups in total. The average molecular weight is 400 g/mol. The van der Waals surface area contributed by atoms with Gasteiger partial charge in [-0.25, -0.2) is 22.0 Å². The molecule has 0 bridgehead atoms. The van der Waals surface area contributed by atoms with Gasteiger partial charge in [0.25, 0.3) is 5.69 Å². The molecule has 0 aliphatic heterocycles. The number of rotatable bonds is 6. The number of carbonyl (C=O) groups excluding carboxylic acids is 1. The van der Waals surface area contributed by atoms with Crippen molar-refractivity contribution in [2.75, 3.05) is 7.11 Å². The smallest absolute Gasteiger partial charge is 0.328 e. The third kappa shape index (κ3) is 4.26. The van der Waals surface area contributed by atoms with Gasteiger partial charge in [-0.05, 0) is 31.2 Å². The Balaban J connectivity index is 2.55. The van der Waals surface area contributed by atoms with Gasteiger partial charge in [-0.3, -0.25) is 10.1 Å². The molecule has 1 unspecified atom stereocenters. The first-order valence-corrected chi connectivity index (χ1v) is 8.86. The topological polar surface area (TPSA) is 116 Å². The molecule has 8 nitrogen and oxygen atoms in total. The number of nitro groups is 1. The number of halogens is 2. The summed E-state index contributed by atoms with van der Waals surface area (Å²) in [4.78, 5) is 21.8. The minimum atomic E-state index is -4.52. The molecule has 0 saturated heterocycles. The zero-order valence-corrected chi connectivity index (χ0v) is 14.9. The summed E-state index contributed by atoms with van der Waals surface area (Å²) in [6.45, 7) is 1.21. The molecule has 0 amide bonds. The van der Waals surface area contributed by atoms with Crippen molar-refractivity contribution in [3.05, 3.63) is 69.3 Å². The summed E-state index contributed by atoms with van der Waals surface area (Å²) >= 11 is 0. The molecule has 0 spiro atoms. The molecular weight excluding hydrogens is 386 g/mol. The van der Waals surface area contributed by atoms with Crippen LogP contribution in [-0.4, -0.2) is 26.4 Å². The fraction of sp³-hybridized carbons (Fsp3) is 0.188. The van der Waals surface area contributed by atoms with E-state index in [4.69, 9.17) is 0 Å². The minimum Gasteiger partial charge on any atom is -0.468 e. The second kappa shape index (κ2) is 7.76. The van der Waals surface area contributed by atoms with Crippen molar-refractivity contribution in [1.29, 1.82) is 0 Å². The summed E-state index contributed by atoms with van der Waals surface area (Å²) in [7, 11) is -3.58. The van der Waals surface area contributed by atoms with Gasteiger partial charge in [0, 0.05) is 17.2 Å². The highest BCUT2D eigenvalue weighted by molar-refractivity contribution is 7.89. The number of nitro benzene ring substituents is 1. The zero-order valence-electron chi connectivity index (χ0n) is 14.1. The molecular formula is C16H14F2N2O6S. The fourth-order valence-corrected chi connectivity index (χ4v) is 3.83. The molecule has 2 aromatic rings. The highest BCUT2D eigenvalue weighted by atomic mass is 32.2. The van der Waals surface area contributed by atoms with Gasteiger partial charge in [0.2, 0.25) is 10.0 Å². The van der Waals surface area contributed by atoms with Crippen LogP contribution in [0.2, 0.25) is 0 Å². The molecule has 0 aromatic heterocycles. The van der Waals surface area contributed by atoms with Crippen LogP contribution in [0.4, 0.5) is 14.5 Å². The van der Waals surface area contributed by atoms with E-state index in [2.05, 4.69) is 4.74 Å². The normalized spacial score (nSPS) is 12.4. The molecule has 1 atom stereocenters. The van der Waals surface area contributed by atoms with Gasteiger partial charge in [-0.2, -0.15) is 4.72 Å². The lowest BCUT2D eigenvalue weighted by atomic mass is 10.1. The molecule has 0 saturated carbocycles. The molecule has 27 heavy (non-hydrogen) atoms. The Morgan fingerprint density at radius 2 is 1.93 bits per heavy atom. The Kier molecular flexibility index (Phi) is 5.86. The molecule has 0 fully saturated rings. The summed E-state index contributed by atoms with van der Waals surface area (Å²) in [5.74, 6) is -3.12. The average Bonchev–Trinajstić information content (AvgIpc) is 2.61. The number of ether oxygens (including phenoxy) is 1. The van der Waals surface area contributed by atoms with Crippen LogP contribution in [0.15, 0.2) is 41.3 Å². The predicted octanol–water partition coefficient (Wildman–Crippen LogP) is 2.37. The lowest BCUT2D eigenvalue weighted by Crippen LogP contribution is -2.35. The van der Waals surface area contributed by atoms with E-state index in [1.165, 1.54) is 6.92 Å². The maximum atomic E-state index is 14.0. The second-order valence-electron chi connectivity index (χ2n) is 5.40. The summed E-state index contributed by atoms with van der Waals surface area (Å²) < 4.78 is 59.2. The van der Waals surface area contributed by atoms with Crippen molar-refractivity contribution in [1.82, 2.24) is 4.72 Å². The van der Waals surface area contributed by atoms with Gasteiger partial charge < -0.3 is 4.74 Å². The van der Waals surface area contributed by atoms with Crippen molar-refractivity contribution in [2.24, 2.45) is 0 Å². The lowest BCUT2D eigenvalue weighted by molar-refractivity contribution is -0.385. The van der Waals surface area contributed by atoms with Gasteiger partial charge in [-0.1, -0.05) is 6.07 Å². The van der Waals surface area contributed by atoms with Crippen molar-refractivity contribution >= 4 is 21.7 Å². The Hall–Kier alpha value is -2.92. The SMILES string of the molecule is COC(=O)C(NS(=O)(=O)c1cccc([N+](=O)[O-])c1C)c1cc(F)ccc1F. The van der Waals surface area contributed by atoms with Crippen LogP contribution in [0.3, 0.4) is 0 Å². The number of sulfonamides is 1. The van der Waals surface area contributed by atoms with E-state index >= 15 is 0 Å². The second-order valence-corrected chi connectivity index (χ2v) is 7.08. The number of hydrogen-bond acceptors (Lipinski definition) is 6. The molecule has 2 aromatic carbocycles. The van der Waals surface area contributed by atoms with Crippen molar-refractivity contribution in [3.63, 3.8) is 0 Å². The first-order chi connectivity index (χ1) is 12.6. The number of carbonyl (C=O) groups is 1. The first-order valence-electron chi connectivity index (χ1n) is 7.37. The molecule has 144 valence electrons. The Labute approximate surface area is 153 Å². The van der Waals surface area contributed by atoms with Crippen molar-refractivity contribution in [2.45, 2.75) is 17.9 Å². The summed E-state index contributed by atoms with van der Waals surface area (Å²) in [5.41, 5.74) is -1.23. The number of esters is 1. The molecule has 0 aliphatic rings. The van der Waals surface area contributed by atoms with Crippen molar-refractivity contribution in [3.8, 4) is 0 Å². The summed E-state index contributed by atoms with van der Waals surface area (Å²) in [5, 5.41) is 11.0. The number of benzene rings is 2. The third-order valence-corrected chi connectivity index (χ3v) is 5.29. The highest BCUT2D eigenvalue weighted by Gasteiger charge is 2.32. The third-order valence-electron chi connectivity index (χ3n) is 3.72. The van der Waals surface area contributed by atoms with E-state index in [0.717, 1.165) is 37.4 Å². The van der Waals surface area contributed by atoms with Crippen LogP contribution in [-0.2, 0) is 19.6 Å². The van der Waals surface area contributed by atoms with Crippen molar-refractivity contribution < 1.29 is 31.7 Å². The Bertz CT molecular complexity index is 1010. The highest BCUT2D eigenvalue weighted by Crippen LogP contribution is 2.27. The van der Waals surface area contributed by atoms with Crippen LogP contribution in [0.25, 0.3) is 0 Å². The minimum absolute atomic E-state index is 0.182. The maximum absolute atomic E-state index is 14.0. The van der Waals surface area contributed by atoms with E-state index in [0.29, 0.717) is 6.07 Å². The first kappa shape index (κ1) is 20.4. The summed E-state index contributed by atoms with van der Waals surface area (Å²) in [6.07, 6.45) is 0. The van der Waals surface area contributed by atoms with Crippen LogP contribution >= 0.6 is 0 Å². The van der Waals surface area contributed by atoms with Gasteiger partial charge >= 0.3 is 5.97 Å². The van der Waals surface area contributed by atoms with E-state index in [-0.39, 0.29) is 5.56 Å². The number of nitrogens with zero attached hydrogens (tertiary/aromatic N) is 1. The van der Waals surface area contributed by atoms with Crippen LogP contribution in [0, 0.1) is 28.7 Å². The van der Waals surface area contributed by atoms with Gasteiger partial charge in [0.05, 0.1) is 16.9 Å². The quantitative estimate of drug-likeness (QED) is 0.452. The molecule has 0 heterocycles. The number of hydrogen-bond donors (Lipinski definition) is 1. The van der Waals surface area contributed by atoms with Crippen LogP contribution in [0.1, 0.15) is 17.2 Å². The zero-order chi connectivity index (χ0) is 20.4. The summed E-state index contributed by atoms with van der Waals surface area (Å²) in [6, 6.07) is 3.63. The van der Waals surface area contributed by atoms with Crippen LogP contribution in [0.5, 0.6) is 0 Å². The molecule has 2 rings (SSSR count). The maximum Gasteiger partial charge on any atom is 0.328 e. The van der Waals surface area contributed by atoms with Crippen LogP contribution < -0.4 is 4.72 Å². The van der Waals surface area contributed by atoms with Gasteiger partial charge in [0.1, 0.15) is 17.7 Å². The molecule has 0 aliphatic carbocycles. The predicted molar refractivity (Wildman–Crippen MR) is 89.3 cm³/mol.